The Bertz CT molecular complexity index is 846. The van der Waals surface area contributed by atoms with Gasteiger partial charge in [0, 0.05) is 22.9 Å². The van der Waals surface area contributed by atoms with Gasteiger partial charge in [-0.1, -0.05) is 18.2 Å². The molecule has 0 aromatic heterocycles. The molecule has 0 saturated carbocycles. The maximum absolute atomic E-state index is 12.1. The topological polar surface area (TPSA) is 101 Å². The van der Waals surface area contributed by atoms with Crippen molar-refractivity contribution in [2.45, 2.75) is 20.8 Å². The summed E-state index contributed by atoms with van der Waals surface area (Å²) < 4.78 is 0. The lowest BCUT2D eigenvalue weighted by Crippen LogP contribution is -2.33. The number of nitro benzene ring substituents is 1. The third kappa shape index (κ3) is 4.63. The molecule has 0 heterocycles. The maximum atomic E-state index is 12.1. The van der Waals surface area contributed by atoms with Crippen molar-refractivity contribution < 1.29 is 14.5 Å². The highest BCUT2D eigenvalue weighted by molar-refractivity contribution is 6.00. The summed E-state index contributed by atoms with van der Waals surface area (Å²) in [5.74, 6) is -0.914. The molecule has 0 fully saturated rings. The number of hydrogen-bond donors (Lipinski definition) is 2. The smallest absolute Gasteiger partial charge is 0.273 e. The molecule has 0 aliphatic rings. The van der Waals surface area contributed by atoms with Gasteiger partial charge in [-0.3, -0.25) is 19.7 Å². The summed E-state index contributed by atoms with van der Waals surface area (Å²) in [7, 11) is 0. The zero-order chi connectivity index (χ0) is 18.6. The Labute approximate surface area is 145 Å². The van der Waals surface area contributed by atoms with E-state index in [1.165, 1.54) is 18.2 Å². The van der Waals surface area contributed by atoms with Crippen molar-refractivity contribution in [2.24, 2.45) is 0 Å². The van der Waals surface area contributed by atoms with E-state index >= 15 is 0 Å². The molecule has 0 saturated heterocycles. The van der Waals surface area contributed by atoms with Crippen molar-refractivity contribution in [3.05, 3.63) is 68.8 Å². The van der Waals surface area contributed by atoms with Gasteiger partial charge in [0.15, 0.2) is 0 Å². The lowest BCUT2D eigenvalue weighted by Gasteiger charge is -2.10. The summed E-state index contributed by atoms with van der Waals surface area (Å²) in [6.45, 7) is 5.16. The monoisotopic (exact) mass is 341 g/mol. The molecule has 2 amide bonds. The largest absolute Gasteiger partial charge is 0.343 e. The molecule has 2 aromatic rings. The summed E-state index contributed by atoms with van der Waals surface area (Å²) in [6.07, 6.45) is 0. The Hall–Kier alpha value is -3.22. The minimum atomic E-state index is -0.542. The highest BCUT2D eigenvalue weighted by atomic mass is 16.6. The van der Waals surface area contributed by atoms with Crippen molar-refractivity contribution in [3.63, 3.8) is 0 Å². The zero-order valence-electron chi connectivity index (χ0n) is 14.3. The summed E-state index contributed by atoms with van der Waals surface area (Å²) >= 11 is 0. The molecule has 0 atom stereocenters. The van der Waals surface area contributed by atoms with Crippen LogP contribution in [0.25, 0.3) is 0 Å². The van der Waals surface area contributed by atoms with E-state index < -0.39 is 10.8 Å². The molecule has 0 unspecified atom stereocenters. The number of rotatable bonds is 5. The van der Waals surface area contributed by atoms with E-state index in [1.54, 1.807) is 6.92 Å². The second-order valence-corrected chi connectivity index (χ2v) is 5.81. The molecule has 2 aromatic carbocycles. The maximum Gasteiger partial charge on any atom is 0.273 e. The van der Waals surface area contributed by atoms with Crippen LogP contribution in [0.1, 0.15) is 27.0 Å². The van der Waals surface area contributed by atoms with Crippen LogP contribution in [0.2, 0.25) is 0 Å². The summed E-state index contributed by atoms with van der Waals surface area (Å²) in [5.41, 5.74) is 3.08. The van der Waals surface area contributed by atoms with Gasteiger partial charge < -0.3 is 10.6 Å². The SMILES string of the molecule is Cc1ccc(C)c(NC(=O)CNC(=O)c2ccc(C)c([N+](=O)[O-])c2)c1. The van der Waals surface area contributed by atoms with Crippen LogP contribution in [0.15, 0.2) is 36.4 Å². The first kappa shape index (κ1) is 18.1. The number of nitrogens with zero attached hydrogens (tertiary/aromatic N) is 1. The van der Waals surface area contributed by atoms with Gasteiger partial charge in [-0.05, 0) is 44.0 Å². The molecule has 130 valence electrons. The van der Waals surface area contributed by atoms with Crippen LogP contribution in [0.3, 0.4) is 0 Å². The molecule has 0 aliphatic carbocycles. The Morgan fingerprint density at radius 3 is 2.40 bits per heavy atom. The van der Waals surface area contributed by atoms with Gasteiger partial charge in [0.1, 0.15) is 0 Å². The van der Waals surface area contributed by atoms with Crippen molar-refractivity contribution in [1.29, 1.82) is 0 Å². The normalized spacial score (nSPS) is 10.2. The van der Waals surface area contributed by atoms with Gasteiger partial charge >= 0.3 is 0 Å². The average molecular weight is 341 g/mol. The standard InChI is InChI=1S/C18H19N3O4/c1-11-4-5-12(2)15(8-11)20-17(22)10-19-18(23)14-7-6-13(3)16(9-14)21(24)25/h4-9H,10H2,1-3H3,(H,19,23)(H,20,22). The summed E-state index contributed by atoms with van der Waals surface area (Å²) in [5, 5.41) is 16.1. The van der Waals surface area contributed by atoms with E-state index in [0.717, 1.165) is 11.1 Å². The van der Waals surface area contributed by atoms with Crippen LogP contribution in [0, 0.1) is 30.9 Å². The first-order chi connectivity index (χ1) is 11.8. The molecular weight excluding hydrogens is 322 g/mol. The molecule has 0 spiro atoms. The number of amides is 2. The van der Waals surface area contributed by atoms with Gasteiger partial charge in [0.2, 0.25) is 5.91 Å². The van der Waals surface area contributed by atoms with Gasteiger partial charge in [-0.15, -0.1) is 0 Å². The fourth-order valence-corrected chi connectivity index (χ4v) is 2.27. The van der Waals surface area contributed by atoms with Crippen LogP contribution >= 0.6 is 0 Å². The molecular formula is C18H19N3O4. The minimum Gasteiger partial charge on any atom is -0.343 e. The molecule has 0 aliphatic heterocycles. The first-order valence-corrected chi connectivity index (χ1v) is 7.68. The number of carbonyl (C=O) groups excluding carboxylic acids is 2. The lowest BCUT2D eigenvalue weighted by molar-refractivity contribution is -0.385. The predicted molar refractivity (Wildman–Crippen MR) is 94.7 cm³/mol. The van der Waals surface area contributed by atoms with E-state index in [1.807, 2.05) is 32.0 Å². The highest BCUT2D eigenvalue weighted by Gasteiger charge is 2.15. The number of aryl methyl sites for hydroxylation is 3. The van der Waals surface area contributed by atoms with Crippen LogP contribution in [-0.2, 0) is 4.79 Å². The molecule has 2 rings (SSSR count). The van der Waals surface area contributed by atoms with E-state index in [0.29, 0.717) is 11.3 Å². The number of nitro groups is 1. The van der Waals surface area contributed by atoms with Crippen LogP contribution in [-0.4, -0.2) is 23.3 Å². The third-order valence-electron chi connectivity index (χ3n) is 3.74. The number of nitrogens with one attached hydrogen (secondary N) is 2. The minimum absolute atomic E-state index is 0.132. The lowest BCUT2D eigenvalue weighted by atomic mass is 10.1. The predicted octanol–water partition coefficient (Wildman–Crippen LogP) is 2.89. The molecule has 0 bridgehead atoms. The Balaban J connectivity index is 2.00. The summed E-state index contributed by atoms with van der Waals surface area (Å²) in [6, 6.07) is 9.88. The third-order valence-corrected chi connectivity index (χ3v) is 3.74. The Morgan fingerprint density at radius 2 is 1.72 bits per heavy atom. The number of carbonyl (C=O) groups is 2. The first-order valence-electron chi connectivity index (χ1n) is 7.68. The number of anilines is 1. The van der Waals surface area contributed by atoms with Crippen LogP contribution in [0.4, 0.5) is 11.4 Å². The zero-order valence-corrected chi connectivity index (χ0v) is 14.3. The fourth-order valence-electron chi connectivity index (χ4n) is 2.27. The average Bonchev–Trinajstić information content (AvgIpc) is 2.56. The van der Waals surface area contributed by atoms with Crippen molar-refractivity contribution in [3.8, 4) is 0 Å². The molecule has 0 radical (unpaired) electrons. The molecule has 7 heteroatoms. The van der Waals surface area contributed by atoms with E-state index in [4.69, 9.17) is 0 Å². The number of hydrogen-bond acceptors (Lipinski definition) is 4. The van der Waals surface area contributed by atoms with E-state index in [-0.39, 0.29) is 23.7 Å². The van der Waals surface area contributed by atoms with Gasteiger partial charge in [0.25, 0.3) is 11.6 Å². The fraction of sp³-hybridized carbons (Fsp3) is 0.222. The van der Waals surface area contributed by atoms with Crippen molar-refractivity contribution >= 4 is 23.2 Å². The second-order valence-electron chi connectivity index (χ2n) is 5.81. The Morgan fingerprint density at radius 1 is 1.04 bits per heavy atom. The van der Waals surface area contributed by atoms with Crippen molar-refractivity contribution in [1.82, 2.24) is 5.32 Å². The van der Waals surface area contributed by atoms with Crippen LogP contribution < -0.4 is 10.6 Å². The highest BCUT2D eigenvalue weighted by Crippen LogP contribution is 2.19. The Kier molecular flexibility index (Phi) is 5.49. The van der Waals surface area contributed by atoms with E-state index in [2.05, 4.69) is 10.6 Å². The van der Waals surface area contributed by atoms with Crippen molar-refractivity contribution in [2.75, 3.05) is 11.9 Å². The molecule has 25 heavy (non-hydrogen) atoms. The van der Waals surface area contributed by atoms with Gasteiger partial charge in [-0.25, -0.2) is 0 Å². The van der Waals surface area contributed by atoms with E-state index in [9.17, 15) is 19.7 Å². The summed E-state index contributed by atoms with van der Waals surface area (Å²) in [4.78, 5) is 34.5. The second kappa shape index (κ2) is 7.57. The molecule has 7 nitrogen and oxygen atoms in total. The molecule has 2 N–H and O–H groups in total. The van der Waals surface area contributed by atoms with Crippen LogP contribution in [0.5, 0.6) is 0 Å². The quantitative estimate of drug-likeness (QED) is 0.645. The van der Waals surface area contributed by atoms with Gasteiger partial charge in [-0.2, -0.15) is 0 Å². The number of benzene rings is 2. The van der Waals surface area contributed by atoms with Gasteiger partial charge in [0.05, 0.1) is 11.5 Å².